The Bertz CT molecular complexity index is 618. The Morgan fingerprint density at radius 3 is 2.59 bits per heavy atom. The number of nitrogens with zero attached hydrogens (tertiary/aromatic N) is 3. The van der Waals surface area contributed by atoms with E-state index in [9.17, 15) is 13.2 Å². The largest absolute Gasteiger partial charge is 0.361 e. The Hall–Kier alpha value is -1.41. The summed E-state index contributed by atoms with van der Waals surface area (Å²) < 4.78 is 30.1. The van der Waals surface area contributed by atoms with Crippen LogP contribution in [0.4, 0.5) is 0 Å². The van der Waals surface area contributed by atoms with Gasteiger partial charge in [-0.15, -0.1) is 0 Å². The first-order valence-corrected chi connectivity index (χ1v) is 9.09. The lowest BCUT2D eigenvalue weighted by atomic mass is 9.96. The fraction of sp³-hybridized carbons (Fsp3) is 0.714. The van der Waals surface area contributed by atoms with Crippen LogP contribution in [0, 0.1) is 12.8 Å². The lowest BCUT2D eigenvalue weighted by Crippen LogP contribution is -2.43. The van der Waals surface area contributed by atoms with Crippen molar-refractivity contribution in [3.8, 4) is 0 Å². The third-order valence-electron chi connectivity index (χ3n) is 4.01. The normalized spacial score (nSPS) is 17.6. The molecule has 2 rings (SSSR count). The van der Waals surface area contributed by atoms with Gasteiger partial charge in [0.1, 0.15) is 11.5 Å². The quantitative estimate of drug-likeness (QED) is 0.805. The smallest absolute Gasteiger partial charge is 0.225 e. The highest BCUT2D eigenvalue weighted by Crippen LogP contribution is 2.22. The third kappa shape index (κ3) is 3.86. The van der Waals surface area contributed by atoms with Crippen molar-refractivity contribution in [1.82, 2.24) is 14.4 Å². The minimum atomic E-state index is -3.15. The standard InChI is InChI=1S/C14H23N3O4S/c1-4-22(19,20)17-7-5-12(6-8-17)14(18)16(3)10-13-9-11(2)21-15-13/h9,12H,4-8,10H2,1-3H3. The summed E-state index contributed by atoms with van der Waals surface area (Å²) in [4.78, 5) is 14.1. The Morgan fingerprint density at radius 2 is 2.09 bits per heavy atom. The summed E-state index contributed by atoms with van der Waals surface area (Å²) in [5.41, 5.74) is 0.722. The lowest BCUT2D eigenvalue weighted by Gasteiger charge is -2.32. The molecule has 124 valence electrons. The van der Waals surface area contributed by atoms with Gasteiger partial charge in [-0.3, -0.25) is 4.79 Å². The predicted molar refractivity (Wildman–Crippen MR) is 81.5 cm³/mol. The van der Waals surface area contributed by atoms with E-state index < -0.39 is 10.0 Å². The number of hydrogen-bond donors (Lipinski definition) is 0. The first kappa shape index (κ1) is 17.0. The van der Waals surface area contributed by atoms with Crippen molar-refractivity contribution in [2.24, 2.45) is 5.92 Å². The fourth-order valence-electron chi connectivity index (χ4n) is 2.69. The Morgan fingerprint density at radius 1 is 1.45 bits per heavy atom. The molecule has 0 saturated carbocycles. The van der Waals surface area contributed by atoms with Crippen LogP contribution in [0.5, 0.6) is 0 Å². The molecule has 0 aromatic carbocycles. The number of hydrogen-bond acceptors (Lipinski definition) is 5. The number of piperidine rings is 1. The second kappa shape index (κ2) is 6.78. The molecule has 0 spiro atoms. The molecule has 0 atom stereocenters. The summed E-state index contributed by atoms with van der Waals surface area (Å²) in [7, 11) is -1.41. The highest BCUT2D eigenvalue weighted by Gasteiger charge is 2.31. The maximum atomic E-state index is 12.4. The van der Waals surface area contributed by atoms with Crippen molar-refractivity contribution in [2.75, 3.05) is 25.9 Å². The molecular formula is C14H23N3O4S. The van der Waals surface area contributed by atoms with Gasteiger partial charge in [0, 0.05) is 32.1 Å². The summed E-state index contributed by atoms with van der Waals surface area (Å²) in [6.45, 7) is 4.69. The Labute approximate surface area is 131 Å². The number of rotatable bonds is 5. The Kier molecular flexibility index (Phi) is 5.23. The van der Waals surface area contributed by atoms with Crippen molar-refractivity contribution in [1.29, 1.82) is 0 Å². The number of aryl methyl sites for hydroxylation is 1. The van der Waals surface area contributed by atoms with Crippen molar-refractivity contribution in [3.63, 3.8) is 0 Å². The van der Waals surface area contributed by atoms with Gasteiger partial charge < -0.3 is 9.42 Å². The van der Waals surface area contributed by atoms with E-state index in [1.165, 1.54) is 4.31 Å². The molecule has 2 heterocycles. The van der Waals surface area contributed by atoms with Gasteiger partial charge in [-0.25, -0.2) is 12.7 Å². The number of carbonyl (C=O) groups excluding carboxylic acids is 1. The topological polar surface area (TPSA) is 83.7 Å². The zero-order valence-corrected chi connectivity index (χ0v) is 14.1. The molecule has 0 aliphatic carbocycles. The minimum absolute atomic E-state index is 0.0363. The number of carbonyl (C=O) groups is 1. The van der Waals surface area contributed by atoms with Gasteiger partial charge in [0.15, 0.2) is 0 Å². The van der Waals surface area contributed by atoms with Gasteiger partial charge in [0.2, 0.25) is 15.9 Å². The maximum absolute atomic E-state index is 12.4. The van der Waals surface area contributed by atoms with Gasteiger partial charge in [-0.05, 0) is 26.7 Å². The summed E-state index contributed by atoms with van der Waals surface area (Å²) in [6.07, 6.45) is 1.14. The molecular weight excluding hydrogens is 306 g/mol. The molecule has 0 radical (unpaired) electrons. The molecule has 8 heteroatoms. The fourth-order valence-corrected chi connectivity index (χ4v) is 3.82. The van der Waals surface area contributed by atoms with Crippen LogP contribution in [0.2, 0.25) is 0 Å². The summed E-state index contributed by atoms with van der Waals surface area (Å²) >= 11 is 0. The molecule has 0 unspecified atom stereocenters. The van der Waals surface area contributed by atoms with E-state index >= 15 is 0 Å². The number of sulfonamides is 1. The number of amides is 1. The lowest BCUT2D eigenvalue weighted by molar-refractivity contribution is -0.136. The third-order valence-corrected chi connectivity index (χ3v) is 5.90. The van der Waals surface area contributed by atoms with E-state index in [-0.39, 0.29) is 17.6 Å². The van der Waals surface area contributed by atoms with Crippen molar-refractivity contribution >= 4 is 15.9 Å². The van der Waals surface area contributed by atoms with Crippen molar-refractivity contribution in [2.45, 2.75) is 33.2 Å². The molecule has 1 aliphatic rings. The highest BCUT2D eigenvalue weighted by molar-refractivity contribution is 7.89. The zero-order valence-electron chi connectivity index (χ0n) is 13.3. The van der Waals surface area contributed by atoms with Crippen LogP contribution in [0.3, 0.4) is 0 Å². The van der Waals surface area contributed by atoms with E-state index in [4.69, 9.17) is 4.52 Å². The Balaban J connectivity index is 1.89. The molecule has 0 N–H and O–H groups in total. The van der Waals surface area contributed by atoms with Gasteiger partial charge in [-0.1, -0.05) is 5.16 Å². The first-order valence-electron chi connectivity index (χ1n) is 7.48. The second-order valence-electron chi connectivity index (χ2n) is 5.70. The van der Waals surface area contributed by atoms with E-state index in [1.54, 1.807) is 24.9 Å². The second-order valence-corrected chi connectivity index (χ2v) is 7.95. The van der Waals surface area contributed by atoms with E-state index in [0.717, 1.165) is 5.69 Å². The summed E-state index contributed by atoms with van der Waals surface area (Å²) in [6, 6.07) is 1.81. The molecule has 1 amide bonds. The zero-order chi connectivity index (χ0) is 16.3. The van der Waals surface area contributed by atoms with Gasteiger partial charge >= 0.3 is 0 Å². The maximum Gasteiger partial charge on any atom is 0.225 e. The molecule has 0 bridgehead atoms. The molecule has 1 aliphatic heterocycles. The van der Waals surface area contributed by atoms with Crippen LogP contribution < -0.4 is 0 Å². The van der Waals surface area contributed by atoms with Crippen LogP contribution in [-0.2, 0) is 21.4 Å². The van der Waals surface area contributed by atoms with E-state index in [0.29, 0.717) is 38.2 Å². The molecule has 1 fully saturated rings. The molecule has 1 aromatic heterocycles. The van der Waals surface area contributed by atoms with Crippen LogP contribution >= 0.6 is 0 Å². The van der Waals surface area contributed by atoms with Crippen LogP contribution in [0.1, 0.15) is 31.2 Å². The first-order chi connectivity index (χ1) is 10.3. The predicted octanol–water partition coefficient (Wildman–Crippen LogP) is 1.00. The van der Waals surface area contributed by atoms with E-state index in [1.807, 2.05) is 6.92 Å². The summed E-state index contributed by atoms with van der Waals surface area (Å²) in [5.74, 6) is 0.737. The van der Waals surface area contributed by atoms with Crippen LogP contribution in [0.15, 0.2) is 10.6 Å². The highest BCUT2D eigenvalue weighted by atomic mass is 32.2. The SMILES string of the molecule is CCS(=O)(=O)N1CCC(C(=O)N(C)Cc2cc(C)on2)CC1. The van der Waals surface area contributed by atoms with Gasteiger partial charge in [-0.2, -0.15) is 0 Å². The van der Waals surface area contributed by atoms with Gasteiger partial charge in [0.25, 0.3) is 0 Å². The number of aromatic nitrogens is 1. The average molecular weight is 329 g/mol. The van der Waals surface area contributed by atoms with Gasteiger partial charge in [0.05, 0.1) is 12.3 Å². The van der Waals surface area contributed by atoms with Crippen LogP contribution in [-0.4, -0.2) is 54.6 Å². The molecule has 22 heavy (non-hydrogen) atoms. The molecule has 1 saturated heterocycles. The van der Waals surface area contributed by atoms with Crippen molar-refractivity contribution < 1.29 is 17.7 Å². The summed E-state index contributed by atoms with van der Waals surface area (Å²) in [5, 5.41) is 3.88. The monoisotopic (exact) mass is 329 g/mol. The van der Waals surface area contributed by atoms with Crippen molar-refractivity contribution in [3.05, 3.63) is 17.5 Å². The average Bonchev–Trinajstić information content (AvgIpc) is 2.91. The molecule has 1 aromatic rings. The minimum Gasteiger partial charge on any atom is -0.361 e. The molecule has 7 nitrogen and oxygen atoms in total. The van der Waals surface area contributed by atoms with E-state index in [2.05, 4.69) is 5.16 Å². The van der Waals surface area contributed by atoms with Crippen LogP contribution in [0.25, 0.3) is 0 Å².